The highest BCUT2D eigenvalue weighted by Crippen LogP contribution is 2.14. The number of carbonyl (C=O) groups excluding carboxylic acids is 2. The third-order valence-electron chi connectivity index (χ3n) is 3.48. The van der Waals surface area contributed by atoms with Crippen LogP contribution in [0.25, 0.3) is 0 Å². The molecule has 136 valence electrons. The fourth-order valence-electron chi connectivity index (χ4n) is 2.15. The summed E-state index contributed by atoms with van der Waals surface area (Å²) < 4.78 is 5.28. The largest absolute Gasteiger partial charge is 0.457 e. The first kappa shape index (κ1) is 19.0. The normalized spacial score (nSPS) is 10.0. The van der Waals surface area contributed by atoms with Crippen LogP contribution in [0.15, 0.2) is 53.5 Å². The number of amides is 1. The van der Waals surface area contributed by atoms with Crippen molar-refractivity contribution >= 4 is 23.5 Å². The number of nitrogens with one attached hydrogen (secondary N) is 1. The highest BCUT2D eigenvalue weighted by Gasteiger charge is 2.08. The second kappa shape index (κ2) is 9.22. The molecule has 0 aliphatic carbocycles. The van der Waals surface area contributed by atoms with Gasteiger partial charge in [-0.2, -0.15) is 0 Å². The number of esters is 1. The molecule has 7 nitrogen and oxygen atoms in total. The van der Waals surface area contributed by atoms with Gasteiger partial charge in [-0.05, 0) is 48.4 Å². The predicted octanol–water partition coefficient (Wildman–Crippen LogP) is 2.09. The lowest BCUT2D eigenvalue weighted by Crippen LogP contribution is -2.23. The first-order valence-electron chi connectivity index (χ1n) is 8.23. The Bertz CT molecular complexity index is 779. The molecule has 0 aromatic heterocycles. The van der Waals surface area contributed by atoms with E-state index in [-0.39, 0.29) is 18.5 Å². The zero-order valence-electron chi connectivity index (χ0n) is 14.6. The lowest BCUT2D eigenvalue weighted by molar-refractivity contribution is 0.0472. The number of nitrogens with two attached hydrogens (primary N) is 2. The molecule has 0 atom stereocenters. The molecular formula is C19H22N4O3. The second-order valence-electron chi connectivity index (χ2n) is 5.61. The number of guanidine groups is 1. The van der Waals surface area contributed by atoms with E-state index in [4.69, 9.17) is 16.2 Å². The third-order valence-corrected chi connectivity index (χ3v) is 3.48. The molecule has 7 heteroatoms. The molecule has 26 heavy (non-hydrogen) atoms. The van der Waals surface area contributed by atoms with Crippen molar-refractivity contribution in [1.29, 1.82) is 0 Å². The Morgan fingerprint density at radius 2 is 1.62 bits per heavy atom. The van der Waals surface area contributed by atoms with Gasteiger partial charge in [-0.25, -0.2) is 9.79 Å². The van der Waals surface area contributed by atoms with E-state index < -0.39 is 5.97 Å². The van der Waals surface area contributed by atoms with Gasteiger partial charge in [-0.1, -0.05) is 19.1 Å². The highest BCUT2D eigenvalue weighted by molar-refractivity contribution is 5.94. The molecule has 0 fully saturated rings. The van der Waals surface area contributed by atoms with Gasteiger partial charge in [0.2, 0.25) is 0 Å². The van der Waals surface area contributed by atoms with E-state index in [0.717, 1.165) is 12.0 Å². The summed E-state index contributed by atoms with van der Waals surface area (Å²) in [5.74, 6) is -0.616. The van der Waals surface area contributed by atoms with Gasteiger partial charge in [-0.3, -0.25) is 4.79 Å². The maximum atomic E-state index is 12.1. The van der Waals surface area contributed by atoms with Crippen LogP contribution in [0.5, 0.6) is 0 Å². The number of nitrogens with zero attached hydrogens (tertiary/aromatic N) is 1. The molecule has 0 saturated carbocycles. The maximum Gasteiger partial charge on any atom is 0.338 e. The van der Waals surface area contributed by atoms with Crippen molar-refractivity contribution in [3.05, 3.63) is 65.2 Å². The van der Waals surface area contributed by atoms with Crippen LogP contribution in [0.4, 0.5) is 5.69 Å². The van der Waals surface area contributed by atoms with Gasteiger partial charge in [0.15, 0.2) is 5.96 Å². The Morgan fingerprint density at radius 1 is 1.00 bits per heavy atom. The average Bonchev–Trinajstić information content (AvgIpc) is 2.64. The Morgan fingerprint density at radius 3 is 2.19 bits per heavy atom. The van der Waals surface area contributed by atoms with Crippen LogP contribution in [0.1, 0.15) is 39.6 Å². The summed E-state index contributed by atoms with van der Waals surface area (Å²) in [6.45, 7) is 2.75. The zero-order valence-corrected chi connectivity index (χ0v) is 14.6. The van der Waals surface area contributed by atoms with Gasteiger partial charge in [0.05, 0.1) is 11.3 Å². The van der Waals surface area contributed by atoms with Gasteiger partial charge in [-0.15, -0.1) is 0 Å². The van der Waals surface area contributed by atoms with Crippen molar-refractivity contribution < 1.29 is 14.3 Å². The number of aliphatic imine (C=N–C) groups is 1. The molecule has 0 saturated heterocycles. The monoisotopic (exact) mass is 354 g/mol. The molecule has 0 aliphatic heterocycles. The molecular weight excluding hydrogens is 332 g/mol. The van der Waals surface area contributed by atoms with Crippen LogP contribution < -0.4 is 16.8 Å². The standard InChI is InChI=1S/C19H22N4O3/c1-2-11-22-17(24)14-5-3-13(4-6-14)12-26-18(25)15-7-9-16(10-8-15)23-19(20)21/h3-10H,2,11-12H2,1H3,(H,22,24)(H4,20,21,23). The van der Waals surface area contributed by atoms with Gasteiger partial charge in [0.25, 0.3) is 5.91 Å². The van der Waals surface area contributed by atoms with Crippen LogP contribution in [-0.4, -0.2) is 24.4 Å². The number of rotatable bonds is 7. The molecule has 0 spiro atoms. The molecule has 0 unspecified atom stereocenters. The smallest absolute Gasteiger partial charge is 0.338 e. The topological polar surface area (TPSA) is 120 Å². The Hall–Kier alpha value is -3.35. The molecule has 2 aromatic carbocycles. The molecule has 0 radical (unpaired) electrons. The SMILES string of the molecule is CCCNC(=O)c1ccc(COC(=O)c2ccc(N=C(N)N)cc2)cc1. The quantitative estimate of drug-likeness (QED) is 0.399. The van der Waals surface area contributed by atoms with Crippen LogP contribution in [-0.2, 0) is 11.3 Å². The number of ether oxygens (including phenoxy) is 1. The van der Waals surface area contributed by atoms with E-state index in [1.165, 1.54) is 0 Å². The summed E-state index contributed by atoms with van der Waals surface area (Å²) in [4.78, 5) is 27.8. The summed E-state index contributed by atoms with van der Waals surface area (Å²) in [5.41, 5.74) is 12.9. The molecule has 2 rings (SSSR count). The summed E-state index contributed by atoms with van der Waals surface area (Å²) in [7, 11) is 0. The number of carbonyl (C=O) groups is 2. The van der Waals surface area contributed by atoms with Crippen molar-refractivity contribution in [2.75, 3.05) is 6.54 Å². The van der Waals surface area contributed by atoms with Gasteiger partial charge in [0.1, 0.15) is 6.61 Å². The Balaban J connectivity index is 1.90. The predicted molar refractivity (Wildman–Crippen MR) is 100 cm³/mol. The van der Waals surface area contributed by atoms with Crippen LogP contribution in [0.2, 0.25) is 0 Å². The summed E-state index contributed by atoms with van der Waals surface area (Å²) in [6.07, 6.45) is 0.882. The minimum absolute atomic E-state index is 0.0489. The van der Waals surface area contributed by atoms with Crippen molar-refractivity contribution in [1.82, 2.24) is 5.32 Å². The van der Waals surface area contributed by atoms with E-state index in [2.05, 4.69) is 10.3 Å². The Labute approximate surface area is 152 Å². The molecule has 2 aromatic rings. The number of hydrogen-bond donors (Lipinski definition) is 3. The molecule has 0 bridgehead atoms. The van der Waals surface area contributed by atoms with E-state index in [1.807, 2.05) is 6.92 Å². The average molecular weight is 354 g/mol. The summed E-state index contributed by atoms with van der Waals surface area (Å²) >= 11 is 0. The summed E-state index contributed by atoms with van der Waals surface area (Å²) in [5, 5.41) is 2.81. The lowest BCUT2D eigenvalue weighted by atomic mass is 10.1. The van der Waals surface area contributed by atoms with Crippen molar-refractivity contribution in [3.63, 3.8) is 0 Å². The molecule has 1 amide bonds. The van der Waals surface area contributed by atoms with Crippen LogP contribution in [0, 0.1) is 0 Å². The van der Waals surface area contributed by atoms with Crippen molar-refractivity contribution in [2.45, 2.75) is 20.0 Å². The molecule has 5 N–H and O–H groups in total. The van der Waals surface area contributed by atoms with E-state index in [0.29, 0.717) is 23.4 Å². The zero-order chi connectivity index (χ0) is 18.9. The van der Waals surface area contributed by atoms with Gasteiger partial charge < -0.3 is 21.5 Å². The number of benzene rings is 2. The molecule has 0 aliphatic rings. The van der Waals surface area contributed by atoms with E-state index >= 15 is 0 Å². The fourth-order valence-corrected chi connectivity index (χ4v) is 2.15. The van der Waals surface area contributed by atoms with Crippen molar-refractivity contribution in [3.8, 4) is 0 Å². The first-order chi connectivity index (χ1) is 12.5. The fraction of sp³-hybridized carbons (Fsp3) is 0.211. The Kier molecular flexibility index (Phi) is 6.73. The lowest BCUT2D eigenvalue weighted by Gasteiger charge is -2.07. The number of hydrogen-bond acceptors (Lipinski definition) is 4. The van der Waals surface area contributed by atoms with Crippen LogP contribution in [0.3, 0.4) is 0 Å². The van der Waals surface area contributed by atoms with Crippen LogP contribution >= 0.6 is 0 Å². The van der Waals surface area contributed by atoms with Gasteiger partial charge >= 0.3 is 5.97 Å². The van der Waals surface area contributed by atoms with Crippen molar-refractivity contribution in [2.24, 2.45) is 16.5 Å². The van der Waals surface area contributed by atoms with E-state index in [9.17, 15) is 9.59 Å². The first-order valence-corrected chi connectivity index (χ1v) is 8.23. The summed E-state index contributed by atoms with van der Waals surface area (Å²) in [6, 6.07) is 13.4. The highest BCUT2D eigenvalue weighted by atomic mass is 16.5. The third kappa shape index (κ3) is 5.62. The minimum atomic E-state index is -0.453. The maximum absolute atomic E-state index is 12.1. The second-order valence-corrected chi connectivity index (χ2v) is 5.61. The molecule has 0 heterocycles. The van der Waals surface area contributed by atoms with E-state index in [1.54, 1.807) is 48.5 Å². The van der Waals surface area contributed by atoms with Gasteiger partial charge in [0, 0.05) is 12.1 Å². The minimum Gasteiger partial charge on any atom is -0.457 e.